The van der Waals surface area contributed by atoms with Gasteiger partial charge in [-0.15, -0.1) is 0 Å². The summed E-state index contributed by atoms with van der Waals surface area (Å²) in [7, 11) is 0. The van der Waals surface area contributed by atoms with Crippen LogP contribution in [0.3, 0.4) is 0 Å². The molecule has 182 valence electrons. The highest BCUT2D eigenvalue weighted by atomic mass is 16.1. The second-order valence-electron chi connectivity index (χ2n) is 11.7. The van der Waals surface area contributed by atoms with Crippen LogP contribution in [-0.2, 0) is 11.8 Å². The molecule has 2 aliphatic rings. The van der Waals surface area contributed by atoms with Crippen molar-refractivity contribution in [3.8, 4) is 11.1 Å². The molecule has 2 aliphatic carbocycles. The molecule has 3 aromatic rings. The molecule has 1 amide bonds. The fourth-order valence-corrected chi connectivity index (χ4v) is 7.04. The molecule has 0 aromatic heterocycles. The lowest BCUT2D eigenvalue weighted by atomic mass is 9.49. The van der Waals surface area contributed by atoms with Gasteiger partial charge in [0.1, 0.15) is 0 Å². The number of fused-ring (bicyclic) bond motifs is 3. The van der Waals surface area contributed by atoms with E-state index in [1.165, 1.54) is 36.8 Å². The van der Waals surface area contributed by atoms with Crippen LogP contribution in [0.5, 0.6) is 0 Å². The number of aryl methyl sites for hydroxylation is 1. The van der Waals surface area contributed by atoms with Crippen molar-refractivity contribution in [3.63, 3.8) is 0 Å². The van der Waals surface area contributed by atoms with E-state index in [4.69, 9.17) is 0 Å². The largest absolute Gasteiger partial charge is 0.351 e. The van der Waals surface area contributed by atoms with E-state index in [2.05, 4.69) is 63.3 Å². The first-order valence-electron chi connectivity index (χ1n) is 13.4. The van der Waals surface area contributed by atoms with Crippen LogP contribution >= 0.6 is 0 Å². The number of carbonyl (C=O) groups is 1. The second-order valence-corrected chi connectivity index (χ2v) is 11.7. The van der Waals surface area contributed by atoms with E-state index >= 15 is 0 Å². The summed E-state index contributed by atoms with van der Waals surface area (Å²) in [6, 6.07) is 25.6. The van der Waals surface area contributed by atoms with E-state index in [1.807, 2.05) is 42.5 Å². The van der Waals surface area contributed by atoms with Crippen molar-refractivity contribution < 1.29 is 4.79 Å². The average Bonchev–Trinajstić information content (AvgIpc) is 2.87. The molecular weight excluding hydrogens is 426 g/mol. The third kappa shape index (κ3) is 4.44. The number of hydrogen-bond donors (Lipinski definition) is 1. The van der Waals surface area contributed by atoms with Crippen molar-refractivity contribution in [2.24, 2.45) is 11.3 Å². The molecule has 2 nitrogen and oxygen atoms in total. The molecule has 0 radical (unpaired) electrons. The van der Waals surface area contributed by atoms with E-state index in [-0.39, 0.29) is 16.7 Å². The summed E-state index contributed by atoms with van der Waals surface area (Å²) in [6.45, 7) is 10.2. The normalized spacial score (nSPS) is 25.6. The molecule has 35 heavy (non-hydrogen) atoms. The Morgan fingerprint density at radius 1 is 0.943 bits per heavy atom. The molecule has 0 bridgehead atoms. The predicted octanol–water partition coefficient (Wildman–Crippen LogP) is 7.92. The Morgan fingerprint density at radius 3 is 2.37 bits per heavy atom. The lowest BCUT2D eigenvalue weighted by molar-refractivity contribution is 0.0254. The highest BCUT2D eigenvalue weighted by molar-refractivity contribution is 5.94. The molecule has 5 rings (SSSR count). The van der Waals surface area contributed by atoms with Crippen LogP contribution in [0.2, 0.25) is 0 Å². The smallest absolute Gasteiger partial charge is 0.251 e. The summed E-state index contributed by atoms with van der Waals surface area (Å²) >= 11 is 0. The molecule has 0 spiro atoms. The minimum atomic E-state index is 0.0379. The minimum absolute atomic E-state index is 0.0379. The molecule has 0 heterocycles. The highest BCUT2D eigenvalue weighted by Crippen LogP contribution is 2.57. The summed E-state index contributed by atoms with van der Waals surface area (Å²) in [4.78, 5) is 13.1. The predicted molar refractivity (Wildman–Crippen MR) is 146 cm³/mol. The molecule has 3 atom stereocenters. The van der Waals surface area contributed by atoms with Gasteiger partial charge in [0.25, 0.3) is 5.91 Å². The lowest BCUT2D eigenvalue weighted by Gasteiger charge is -2.55. The first kappa shape index (κ1) is 23.9. The zero-order chi connectivity index (χ0) is 24.6. The molecule has 1 N–H and O–H groups in total. The minimum Gasteiger partial charge on any atom is -0.351 e. The topological polar surface area (TPSA) is 29.1 Å². The van der Waals surface area contributed by atoms with Crippen molar-refractivity contribution in [1.82, 2.24) is 5.32 Å². The number of benzene rings is 3. The Morgan fingerprint density at radius 2 is 1.66 bits per heavy atom. The fraction of sp³-hybridized carbons (Fsp3) is 0.424. The van der Waals surface area contributed by atoms with E-state index in [0.717, 1.165) is 24.1 Å². The molecule has 2 heteroatoms. The summed E-state index contributed by atoms with van der Waals surface area (Å²) in [5, 5.41) is 3.33. The Bertz CT molecular complexity index is 1200. The zero-order valence-corrected chi connectivity index (χ0v) is 21.7. The van der Waals surface area contributed by atoms with Crippen LogP contribution < -0.4 is 5.32 Å². The maximum Gasteiger partial charge on any atom is 0.251 e. The van der Waals surface area contributed by atoms with Crippen LogP contribution in [0.4, 0.5) is 0 Å². The van der Waals surface area contributed by atoms with Gasteiger partial charge >= 0.3 is 0 Å². The van der Waals surface area contributed by atoms with E-state index < -0.39 is 0 Å². The summed E-state index contributed by atoms with van der Waals surface area (Å²) in [5.41, 5.74) is 7.93. The summed E-state index contributed by atoms with van der Waals surface area (Å²) in [5.74, 6) is 1.19. The molecule has 0 aliphatic heterocycles. The van der Waals surface area contributed by atoms with E-state index in [1.54, 1.807) is 11.1 Å². The Hall–Kier alpha value is -2.87. The number of rotatable bonds is 5. The van der Waals surface area contributed by atoms with Gasteiger partial charge < -0.3 is 5.32 Å². The molecular formula is C33H39NO. The van der Waals surface area contributed by atoms with Gasteiger partial charge in [0, 0.05) is 12.1 Å². The van der Waals surface area contributed by atoms with Gasteiger partial charge in [0.15, 0.2) is 0 Å². The van der Waals surface area contributed by atoms with Crippen molar-refractivity contribution in [3.05, 3.63) is 95.1 Å². The van der Waals surface area contributed by atoms with Crippen LogP contribution in [-0.4, -0.2) is 12.5 Å². The zero-order valence-electron chi connectivity index (χ0n) is 21.7. The van der Waals surface area contributed by atoms with Gasteiger partial charge in [-0.25, -0.2) is 0 Å². The first-order chi connectivity index (χ1) is 16.8. The molecule has 0 unspecified atom stereocenters. The SMILES string of the molecule is CC(C)c1ccc2c(c1)CC[C@H]1[C@](C)(CNC(=O)c3ccc(-c4ccccc4)cc3)CCC[C@]21C. The number of hydrogen-bond acceptors (Lipinski definition) is 1. The molecule has 3 aromatic carbocycles. The Labute approximate surface area is 211 Å². The van der Waals surface area contributed by atoms with Gasteiger partial charge in [0.2, 0.25) is 0 Å². The van der Waals surface area contributed by atoms with Crippen LogP contribution in [0.15, 0.2) is 72.8 Å². The Kier molecular flexibility index (Phi) is 6.34. The molecule has 0 saturated heterocycles. The van der Waals surface area contributed by atoms with Crippen LogP contribution in [0.1, 0.15) is 86.3 Å². The highest BCUT2D eigenvalue weighted by Gasteiger charge is 2.51. The lowest BCUT2D eigenvalue weighted by Crippen LogP contribution is -2.53. The average molecular weight is 466 g/mol. The standard InChI is InChI=1S/C33H39NO/c1-23(2)27-15-17-29-28(21-27)16-18-30-32(3,19-8-20-33(29,30)4)22-34-31(35)26-13-11-25(12-14-26)24-9-6-5-7-10-24/h5-7,9-15,17,21,23,30H,8,16,18-20,22H2,1-4H3,(H,34,35)/t30-,32-,33+/m0/s1. The third-order valence-electron chi connectivity index (χ3n) is 9.07. The van der Waals surface area contributed by atoms with E-state index in [0.29, 0.717) is 11.8 Å². The molecule has 1 saturated carbocycles. The maximum atomic E-state index is 13.1. The van der Waals surface area contributed by atoms with Crippen molar-refractivity contribution in [1.29, 1.82) is 0 Å². The summed E-state index contributed by atoms with van der Waals surface area (Å²) < 4.78 is 0. The first-order valence-corrected chi connectivity index (χ1v) is 13.4. The number of nitrogens with one attached hydrogen (secondary N) is 1. The van der Waals surface area contributed by atoms with Crippen LogP contribution in [0.25, 0.3) is 11.1 Å². The quantitative estimate of drug-likeness (QED) is 0.407. The number of amides is 1. The van der Waals surface area contributed by atoms with Crippen molar-refractivity contribution in [2.45, 2.75) is 71.1 Å². The maximum absolute atomic E-state index is 13.1. The monoisotopic (exact) mass is 465 g/mol. The summed E-state index contributed by atoms with van der Waals surface area (Å²) in [6.07, 6.45) is 6.01. The van der Waals surface area contributed by atoms with Gasteiger partial charge in [-0.1, -0.05) is 94.8 Å². The van der Waals surface area contributed by atoms with Crippen molar-refractivity contribution >= 4 is 5.91 Å². The third-order valence-corrected chi connectivity index (χ3v) is 9.07. The van der Waals surface area contributed by atoms with E-state index in [9.17, 15) is 4.79 Å². The van der Waals surface area contributed by atoms with Gasteiger partial charge in [-0.05, 0) is 88.3 Å². The van der Waals surface area contributed by atoms with Crippen LogP contribution in [0, 0.1) is 11.3 Å². The Balaban J connectivity index is 1.31. The second kappa shape index (κ2) is 9.30. The van der Waals surface area contributed by atoms with Gasteiger partial charge in [-0.2, -0.15) is 0 Å². The van der Waals surface area contributed by atoms with Gasteiger partial charge in [-0.3, -0.25) is 4.79 Å². The van der Waals surface area contributed by atoms with Gasteiger partial charge in [0.05, 0.1) is 0 Å². The number of carbonyl (C=O) groups excluding carboxylic acids is 1. The van der Waals surface area contributed by atoms with Crippen molar-refractivity contribution in [2.75, 3.05) is 6.54 Å². The fourth-order valence-electron chi connectivity index (χ4n) is 7.04. The molecule has 1 fully saturated rings.